The van der Waals surface area contributed by atoms with Crippen LogP contribution in [0.4, 0.5) is 0 Å². The zero-order valence-electron chi connectivity index (χ0n) is 9.31. The minimum Gasteiger partial charge on any atom is -0.486 e. The molecule has 5 heteroatoms. The van der Waals surface area contributed by atoms with Crippen molar-refractivity contribution in [3.8, 4) is 11.5 Å². The van der Waals surface area contributed by atoms with Gasteiger partial charge < -0.3 is 13.9 Å². The van der Waals surface area contributed by atoms with E-state index in [9.17, 15) is 4.79 Å². The van der Waals surface area contributed by atoms with Gasteiger partial charge in [-0.3, -0.25) is 4.79 Å². The molecule has 0 saturated carbocycles. The number of fused-ring (bicyclic) bond motifs is 1. The van der Waals surface area contributed by atoms with Gasteiger partial charge in [-0.1, -0.05) is 0 Å². The van der Waals surface area contributed by atoms with Crippen LogP contribution in [0.3, 0.4) is 0 Å². The van der Waals surface area contributed by atoms with Gasteiger partial charge in [0.1, 0.15) is 19.5 Å². The summed E-state index contributed by atoms with van der Waals surface area (Å²) in [5, 5.41) is 0. The standard InChI is InChI=1S/C13H9BrO4/c14-10-6-12-11(17-3-4-18-12)5-9(10)13(15)8-1-2-16-7-8/h1-2,5-7H,3-4H2. The number of ether oxygens (including phenoxy) is 2. The Balaban J connectivity index is 2.04. The first-order chi connectivity index (χ1) is 8.75. The predicted octanol–water partition coefficient (Wildman–Crippen LogP) is 3.04. The van der Waals surface area contributed by atoms with Crippen LogP contribution < -0.4 is 9.47 Å². The summed E-state index contributed by atoms with van der Waals surface area (Å²) in [4.78, 5) is 12.2. The third-order valence-corrected chi connectivity index (χ3v) is 3.32. The Hall–Kier alpha value is -1.75. The van der Waals surface area contributed by atoms with Gasteiger partial charge in [-0.05, 0) is 34.1 Å². The zero-order chi connectivity index (χ0) is 12.5. The van der Waals surface area contributed by atoms with Crippen molar-refractivity contribution in [3.05, 3.63) is 46.3 Å². The van der Waals surface area contributed by atoms with Gasteiger partial charge >= 0.3 is 0 Å². The lowest BCUT2D eigenvalue weighted by molar-refractivity contribution is 0.103. The Bertz CT molecular complexity index is 589. The Kier molecular flexibility index (Phi) is 2.83. The van der Waals surface area contributed by atoms with Crippen LogP contribution in [0.15, 0.2) is 39.6 Å². The molecule has 0 amide bonds. The number of carbonyl (C=O) groups is 1. The fourth-order valence-electron chi connectivity index (χ4n) is 1.79. The number of hydrogen-bond acceptors (Lipinski definition) is 4. The molecular weight excluding hydrogens is 300 g/mol. The molecule has 4 nitrogen and oxygen atoms in total. The van der Waals surface area contributed by atoms with Crippen molar-refractivity contribution in [2.24, 2.45) is 0 Å². The lowest BCUT2D eigenvalue weighted by Crippen LogP contribution is -2.16. The third kappa shape index (κ3) is 1.90. The van der Waals surface area contributed by atoms with E-state index in [4.69, 9.17) is 13.9 Å². The van der Waals surface area contributed by atoms with Gasteiger partial charge in [-0.25, -0.2) is 0 Å². The Morgan fingerprint density at radius 1 is 1.17 bits per heavy atom. The molecule has 1 aromatic heterocycles. The van der Waals surface area contributed by atoms with E-state index in [2.05, 4.69) is 15.9 Å². The van der Waals surface area contributed by atoms with Crippen molar-refractivity contribution in [2.45, 2.75) is 0 Å². The maximum absolute atomic E-state index is 12.2. The molecule has 18 heavy (non-hydrogen) atoms. The van der Waals surface area contributed by atoms with E-state index in [1.54, 1.807) is 18.2 Å². The first-order valence-electron chi connectivity index (χ1n) is 5.42. The van der Waals surface area contributed by atoms with Gasteiger partial charge in [0.05, 0.1) is 11.8 Å². The van der Waals surface area contributed by atoms with E-state index in [-0.39, 0.29) is 5.78 Å². The highest BCUT2D eigenvalue weighted by Crippen LogP contribution is 2.36. The molecule has 0 aliphatic carbocycles. The SMILES string of the molecule is O=C(c1ccoc1)c1cc2c(cc1Br)OCCO2. The van der Waals surface area contributed by atoms with Crippen LogP contribution in [0.1, 0.15) is 15.9 Å². The molecule has 0 unspecified atom stereocenters. The number of rotatable bonds is 2. The highest BCUT2D eigenvalue weighted by atomic mass is 79.9. The molecule has 0 fully saturated rings. The van der Waals surface area contributed by atoms with Gasteiger partial charge in [0.2, 0.25) is 0 Å². The van der Waals surface area contributed by atoms with Crippen LogP contribution in [-0.2, 0) is 0 Å². The van der Waals surface area contributed by atoms with Crippen LogP contribution in [0, 0.1) is 0 Å². The van der Waals surface area contributed by atoms with Gasteiger partial charge in [-0.15, -0.1) is 0 Å². The highest BCUT2D eigenvalue weighted by molar-refractivity contribution is 9.10. The summed E-state index contributed by atoms with van der Waals surface area (Å²) in [6.07, 6.45) is 2.89. The Labute approximate surface area is 112 Å². The van der Waals surface area contributed by atoms with Gasteiger partial charge in [0, 0.05) is 10.0 Å². The number of benzene rings is 1. The fourth-order valence-corrected chi connectivity index (χ4v) is 2.29. The van der Waals surface area contributed by atoms with Gasteiger partial charge in [0.25, 0.3) is 0 Å². The first kappa shape index (κ1) is 11.3. The predicted molar refractivity (Wildman–Crippen MR) is 67.3 cm³/mol. The average molecular weight is 309 g/mol. The smallest absolute Gasteiger partial charge is 0.197 e. The van der Waals surface area contributed by atoms with Crippen LogP contribution >= 0.6 is 15.9 Å². The van der Waals surface area contributed by atoms with Crippen molar-refractivity contribution >= 4 is 21.7 Å². The van der Waals surface area contributed by atoms with Crippen molar-refractivity contribution in [3.63, 3.8) is 0 Å². The number of hydrogen-bond donors (Lipinski definition) is 0. The molecule has 1 aliphatic rings. The van der Waals surface area contributed by atoms with Crippen molar-refractivity contribution in [1.82, 2.24) is 0 Å². The second-order valence-corrected chi connectivity index (χ2v) is 4.67. The zero-order valence-corrected chi connectivity index (χ0v) is 10.9. The summed E-state index contributed by atoms with van der Waals surface area (Å²) in [7, 11) is 0. The molecule has 2 aromatic rings. The lowest BCUT2D eigenvalue weighted by Gasteiger charge is -2.19. The molecule has 0 N–H and O–H groups in total. The van der Waals surface area contributed by atoms with Crippen molar-refractivity contribution < 1.29 is 18.7 Å². The quantitative estimate of drug-likeness (QED) is 0.800. The van der Waals surface area contributed by atoms with E-state index in [1.807, 2.05) is 0 Å². The Morgan fingerprint density at radius 2 is 1.89 bits per heavy atom. The molecule has 2 heterocycles. The second kappa shape index (κ2) is 4.49. The third-order valence-electron chi connectivity index (χ3n) is 2.66. The minimum absolute atomic E-state index is 0.118. The molecule has 92 valence electrons. The summed E-state index contributed by atoms with van der Waals surface area (Å²) in [5.41, 5.74) is 1.04. The molecule has 0 bridgehead atoms. The van der Waals surface area contributed by atoms with E-state index in [1.165, 1.54) is 12.5 Å². The Morgan fingerprint density at radius 3 is 2.56 bits per heavy atom. The summed E-state index contributed by atoms with van der Waals surface area (Å²) in [5.74, 6) is 1.13. The summed E-state index contributed by atoms with van der Waals surface area (Å²) < 4.78 is 16.5. The number of halogens is 1. The maximum atomic E-state index is 12.2. The van der Waals surface area contributed by atoms with E-state index in [0.29, 0.717) is 40.3 Å². The van der Waals surface area contributed by atoms with Crippen LogP contribution in [0.5, 0.6) is 11.5 Å². The first-order valence-corrected chi connectivity index (χ1v) is 6.21. The molecule has 1 aliphatic heterocycles. The monoisotopic (exact) mass is 308 g/mol. The summed E-state index contributed by atoms with van der Waals surface area (Å²) in [6.45, 7) is 1.02. The number of furan rings is 1. The van der Waals surface area contributed by atoms with E-state index >= 15 is 0 Å². The molecule has 0 spiro atoms. The molecular formula is C13H9BrO4. The molecule has 0 saturated heterocycles. The second-order valence-electron chi connectivity index (χ2n) is 3.82. The van der Waals surface area contributed by atoms with E-state index in [0.717, 1.165) is 0 Å². The van der Waals surface area contributed by atoms with Gasteiger partial charge in [0.15, 0.2) is 17.3 Å². The molecule has 3 rings (SSSR count). The lowest BCUT2D eigenvalue weighted by atomic mass is 10.1. The van der Waals surface area contributed by atoms with E-state index < -0.39 is 0 Å². The van der Waals surface area contributed by atoms with Crippen LogP contribution in [-0.4, -0.2) is 19.0 Å². The van der Waals surface area contributed by atoms with Crippen LogP contribution in [0.2, 0.25) is 0 Å². The van der Waals surface area contributed by atoms with Crippen LogP contribution in [0.25, 0.3) is 0 Å². The topological polar surface area (TPSA) is 48.7 Å². The maximum Gasteiger partial charge on any atom is 0.197 e. The van der Waals surface area contributed by atoms with Gasteiger partial charge in [-0.2, -0.15) is 0 Å². The summed E-state index contributed by atoms with van der Waals surface area (Å²) >= 11 is 3.37. The summed E-state index contributed by atoms with van der Waals surface area (Å²) in [6, 6.07) is 5.07. The average Bonchev–Trinajstić information content (AvgIpc) is 2.91. The molecule has 0 atom stereocenters. The number of ketones is 1. The largest absolute Gasteiger partial charge is 0.486 e. The molecule has 0 radical (unpaired) electrons. The minimum atomic E-state index is -0.118. The highest BCUT2D eigenvalue weighted by Gasteiger charge is 2.20. The normalized spacial score (nSPS) is 13.4. The number of carbonyl (C=O) groups excluding carboxylic acids is 1. The van der Waals surface area contributed by atoms with Crippen molar-refractivity contribution in [2.75, 3.05) is 13.2 Å². The van der Waals surface area contributed by atoms with Crippen molar-refractivity contribution in [1.29, 1.82) is 0 Å². The molecule has 1 aromatic carbocycles. The fraction of sp³-hybridized carbons (Fsp3) is 0.154.